The zero-order valence-corrected chi connectivity index (χ0v) is 11.4. The molecule has 0 amide bonds. The first kappa shape index (κ1) is 17.2. The fourth-order valence-electron chi connectivity index (χ4n) is 0. The van der Waals surface area contributed by atoms with E-state index in [4.69, 9.17) is 18.8 Å². The summed E-state index contributed by atoms with van der Waals surface area (Å²) in [5.41, 5.74) is 0. The van der Waals surface area contributed by atoms with Crippen LogP contribution in [0.2, 0.25) is 0 Å². The normalized spacial score (nSPS) is 5.56. The SMILES string of the molecule is [Ca+2].[O]=[Sb](=[O])[O-].[O]=[Sb](=[O])[O-]. The Bertz CT molecular complexity index is 128. The molecule has 48 valence electrons. The van der Waals surface area contributed by atoms with E-state index in [1.807, 2.05) is 0 Å². The molecule has 0 aliphatic heterocycles. The number of hydrogen-bond donors (Lipinski definition) is 0. The summed E-state index contributed by atoms with van der Waals surface area (Å²) in [6, 6.07) is 0. The summed E-state index contributed by atoms with van der Waals surface area (Å²) in [4.78, 5) is 0. The van der Waals surface area contributed by atoms with Gasteiger partial charge in [-0.3, -0.25) is 0 Å². The Hall–Kier alpha value is 2.02. The van der Waals surface area contributed by atoms with E-state index in [1.165, 1.54) is 0 Å². The van der Waals surface area contributed by atoms with E-state index in [0.29, 0.717) is 0 Å². The second-order valence-electron chi connectivity index (χ2n) is 0.447. The van der Waals surface area contributed by atoms with E-state index in [9.17, 15) is 0 Å². The number of hydrogen-bond acceptors (Lipinski definition) is 6. The van der Waals surface area contributed by atoms with Gasteiger partial charge in [0.05, 0.1) is 0 Å². The Balaban J connectivity index is -0.0000000720. The summed E-state index contributed by atoms with van der Waals surface area (Å²) in [5, 5.41) is 0. The summed E-state index contributed by atoms with van der Waals surface area (Å²) in [6.07, 6.45) is 0. The van der Waals surface area contributed by atoms with E-state index in [2.05, 4.69) is 0 Å². The predicted octanol–water partition coefficient (Wildman–Crippen LogP) is -4.00. The van der Waals surface area contributed by atoms with Crippen LogP contribution in [0.3, 0.4) is 0 Å². The van der Waals surface area contributed by atoms with Crippen molar-refractivity contribution in [1.29, 1.82) is 0 Å². The van der Waals surface area contributed by atoms with Crippen molar-refractivity contribution in [3.8, 4) is 0 Å². The molecule has 0 N–H and O–H groups in total. The van der Waals surface area contributed by atoms with Gasteiger partial charge in [0.2, 0.25) is 0 Å². The van der Waals surface area contributed by atoms with Crippen molar-refractivity contribution in [2.75, 3.05) is 0 Å². The average Bonchev–Trinajstić information content (AvgIpc) is 1.25. The molecule has 9 heavy (non-hydrogen) atoms. The quantitative estimate of drug-likeness (QED) is 0.396. The van der Waals surface area contributed by atoms with Crippen molar-refractivity contribution in [3.05, 3.63) is 0 Å². The van der Waals surface area contributed by atoms with Crippen LogP contribution < -0.4 is 6.77 Å². The van der Waals surface area contributed by atoms with Gasteiger partial charge in [-0.2, -0.15) is 0 Å². The summed E-state index contributed by atoms with van der Waals surface area (Å²) in [6.45, 7) is 0. The van der Waals surface area contributed by atoms with E-state index in [1.54, 1.807) is 0 Å². The molecular weight excluding hydrogens is 380 g/mol. The Labute approximate surface area is 95.9 Å². The molecule has 0 fully saturated rings. The van der Waals surface area contributed by atoms with Gasteiger partial charge in [-0.05, 0) is 0 Å². The third kappa shape index (κ3) is 158. The van der Waals surface area contributed by atoms with Gasteiger partial charge in [0.1, 0.15) is 0 Å². The van der Waals surface area contributed by atoms with E-state index < -0.39 is 41.2 Å². The van der Waals surface area contributed by atoms with Crippen LogP contribution in [-0.4, -0.2) is 79.0 Å². The molecule has 0 aromatic carbocycles. The standard InChI is InChI=1S/Ca.6O.2Sb/q+2;;;;;2*-1;;. The third-order valence-corrected chi connectivity index (χ3v) is 0. The van der Waals surface area contributed by atoms with Gasteiger partial charge in [-0.25, -0.2) is 0 Å². The molecule has 0 aliphatic rings. The molecule has 0 saturated carbocycles. The Kier molecular flexibility index (Phi) is 24.2. The molecule has 0 radical (unpaired) electrons. The van der Waals surface area contributed by atoms with Gasteiger partial charge in [0.15, 0.2) is 0 Å². The van der Waals surface area contributed by atoms with Crippen LogP contribution in [0.15, 0.2) is 0 Å². The summed E-state index contributed by atoms with van der Waals surface area (Å²) in [7, 11) is 0. The van der Waals surface area contributed by atoms with E-state index in [-0.39, 0.29) is 37.7 Å². The maximum absolute atomic E-state index is 8.60. The van der Waals surface area contributed by atoms with Gasteiger partial charge in [0.25, 0.3) is 0 Å². The molecule has 0 unspecified atom stereocenters. The zero-order chi connectivity index (χ0) is 7.15. The van der Waals surface area contributed by atoms with Crippen molar-refractivity contribution >= 4 is 79.0 Å². The van der Waals surface area contributed by atoms with Crippen molar-refractivity contribution in [1.82, 2.24) is 0 Å². The number of rotatable bonds is 0. The minimum atomic E-state index is -4.20. The Morgan fingerprint density at radius 2 is 0.778 bits per heavy atom. The van der Waals surface area contributed by atoms with Gasteiger partial charge < -0.3 is 0 Å². The fourth-order valence-corrected chi connectivity index (χ4v) is 0. The Morgan fingerprint density at radius 1 is 0.778 bits per heavy atom. The van der Waals surface area contributed by atoms with Gasteiger partial charge in [0, 0.05) is 0 Å². The third-order valence-electron chi connectivity index (χ3n) is 0. The molecule has 9 heteroatoms. The summed E-state index contributed by atoms with van der Waals surface area (Å²) < 4.78 is 51.6. The molecule has 0 saturated heterocycles. The molecule has 6 nitrogen and oxygen atoms in total. The zero-order valence-electron chi connectivity index (χ0n) is 4.05. The van der Waals surface area contributed by atoms with Crippen LogP contribution in [0.25, 0.3) is 0 Å². The maximum atomic E-state index is 8.60. The van der Waals surface area contributed by atoms with Crippen LogP contribution in [-0.2, 0) is 12.1 Å². The summed E-state index contributed by atoms with van der Waals surface area (Å²) >= 11 is -8.40. The van der Waals surface area contributed by atoms with Gasteiger partial charge in [-0.1, -0.05) is 0 Å². The fraction of sp³-hybridized carbons (Fsp3) is 0. The topological polar surface area (TPSA) is 114 Å². The van der Waals surface area contributed by atoms with Gasteiger partial charge in [-0.15, -0.1) is 0 Å². The average molecular weight is 380 g/mol. The van der Waals surface area contributed by atoms with Gasteiger partial charge >= 0.3 is 97.8 Å². The van der Waals surface area contributed by atoms with Crippen molar-refractivity contribution in [2.45, 2.75) is 0 Å². The van der Waals surface area contributed by atoms with Crippen LogP contribution in [0.4, 0.5) is 0 Å². The van der Waals surface area contributed by atoms with Crippen molar-refractivity contribution < 1.29 is 18.8 Å². The minimum absolute atomic E-state index is 0. The molecule has 0 heterocycles. The molecule has 0 aromatic heterocycles. The van der Waals surface area contributed by atoms with Crippen LogP contribution in [0.5, 0.6) is 0 Å². The first-order chi connectivity index (χ1) is 3.46. The first-order valence-corrected chi connectivity index (χ1v) is 7.35. The second-order valence-corrected chi connectivity index (χ2v) is 3.00. The van der Waals surface area contributed by atoms with Crippen molar-refractivity contribution in [2.24, 2.45) is 0 Å². The monoisotopic (exact) mass is 378 g/mol. The van der Waals surface area contributed by atoms with E-state index >= 15 is 0 Å². The first-order valence-electron chi connectivity index (χ1n) is 1.10. The Morgan fingerprint density at radius 3 is 0.778 bits per heavy atom. The van der Waals surface area contributed by atoms with Crippen LogP contribution in [0, 0.1) is 0 Å². The molecule has 0 aromatic rings. The molecule has 0 rings (SSSR count). The second kappa shape index (κ2) is 12.7. The van der Waals surface area contributed by atoms with Crippen molar-refractivity contribution in [3.63, 3.8) is 0 Å². The molecule has 0 atom stereocenters. The van der Waals surface area contributed by atoms with Crippen LogP contribution in [0.1, 0.15) is 0 Å². The van der Waals surface area contributed by atoms with Crippen LogP contribution >= 0.6 is 0 Å². The van der Waals surface area contributed by atoms with E-state index in [0.717, 1.165) is 0 Å². The predicted molar refractivity (Wildman–Crippen MR) is 20.0 cm³/mol. The summed E-state index contributed by atoms with van der Waals surface area (Å²) in [5.74, 6) is 0. The molecule has 0 bridgehead atoms. The molecular formula is CaO6Sb2. The molecule has 0 spiro atoms. The molecule has 0 aliphatic carbocycles.